The fourth-order valence-electron chi connectivity index (χ4n) is 3.79. The van der Waals surface area contributed by atoms with E-state index in [0.717, 1.165) is 37.3 Å². The molecule has 158 valence electrons. The number of rotatable bonds is 5. The number of carbonyl (C=O) groups excluding carboxylic acids is 1. The Hall–Kier alpha value is -3.30. The zero-order valence-corrected chi connectivity index (χ0v) is 18.2. The van der Waals surface area contributed by atoms with Crippen LogP contribution in [0.3, 0.4) is 0 Å². The van der Waals surface area contributed by atoms with Gasteiger partial charge in [0, 0.05) is 21.4 Å². The number of hydrogen-bond acceptors (Lipinski definition) is 8. The Kier molecular flexibility index (Phi) is 4.91. The van der Waals surface area contributed by atoms with Crippen molar-refractivity contribution in [1.29, 1.82) is 0 Å². The summed E-state index contributed by atoms with van der Waals surface area (Å²) in [6, 6.07) is 5.86. The van der Waals surface area contributed by atoms with E-state index in [1.54, 1.807) is 29.3 Å². The van der Waals surface area contributed by atoms with E-state index in [1.165, 1.54) is 6.33 Å². The largest absolute Gasteiger partial charge is 0.462 e. The minimum Gasteiger partial charge on any atom is -0.462 e. The number of thiophene rings is 1. The van der Waals surface area contributed by atoms with Crippen molar-refractivity contribution >= 4 is 27.5 Å². The van der Waals surface area contributed by atoms with Crippen LogP contribution in [0.2, 0.25) is 0 Å². The third-order valence-electron chi connectivity index (χ3n) is 5.37. The van der Waals surface area contributed by atoms with Crippen molar-refractivity contribution in [2.75, 3.05) is 6.61 Å². The fraction of sp³-hybridized carbons (Fsp3) is 0.273. The molecule has 0 fully saturated rings. The monoisotopic (exact) mass is 436 g/mol. The molecule has 1 aromatic carbocycles. The molecule has 31 heavy (non-hydrogen) atoms. The van der Waals surface area contributed by atoms with Crippen molar-refractivity contribution in [3.8, 4) is 16.9 Å². The van der Waals surface area contributed by atoms with Gasteiger partial charge in [0.2, 0.25) is 0 Å². The van der Waals surface area contributed by atoms with Crippen LogP contribution in [-0.4, -0.2) is 32.3 Å². The Morgan fingerprint density at radius 1 is 1.32 bits per heavy atom. The minimum absolute atomic E-state index is 0.266. The average molecular weight is 436 g/mol. The maximum Gasteiger partial charge on any atom is 0.340 e. The Labute approximate surface area is 182 Å². The van der Waals surface area contributed by atoms with Crippen LogP contribution in [0, 0.1) is 13.8 Å². The Morgan fingerprint density at radius 3 is 2.97 bits per heavy atom. The van der Waals surface area contributed by atoms with Crippen LogP contribution < -0.4 is 4.89 Å². The normalized spacial score (nSPS) is 12.7. The Bertz CT molecular complexity index is 1300. The van der Waals surface area contributed by atoms with Gasteiger partial charge in [0.05, 0.1) is 24.4 Å². The molecule has 0 radical (unpaired) electrons. The van der Waals surface area contributed by atoms with Crippen LogP contribution in [0.15, 0.2) is 30.9 Å². The van der Waals surface area contributed by atoms with Crippen LogP contribution in [0.25, 0.3) is 21.3 Å². The third-order valence-corrected chi connectivity index (χ3v) is 6.47. The van der Waals surface area contributed by atoms with Crippen LogP contribution in [0.4, 0.5) is 0 Å². The molecule has 0 atom stereocenters. The molecule has 0 N–H and O–H groups in total. The van der Waals surface area contributed by atoms with E-state index in [4.69, 9.17) is 19.5 Å². The number of carbonyl (C=O) groups is 1. The third kappa shape index (κ3) is 3.35. The number of aryl methyl sites for hydroxylation is 2. The second kappa shape index (κ2) is 7.75. The number of benzene rings is 1. The maximum atomic E-state index is 13.2. The maximum absolute atomic E-state index is 13.2. The molecule has 0 amide bonds. The van der Waals surface area contributed by atoms with Gasteiger partial charge in [0.1, 0.15) is 24.1 Å². The van der Waals surface area contributed by atoms with Crippen molar-refractivity contribution < 1.29 is 19.3 Å². The van der Waals surface area contributed by atoms with Crippen molar-refractivity contribution in [3.63, 3.8) is 0 Å². The smallest absolute Gasteiger partial charge is 0.340 e. The molecule has 9 heteroatoms. The van der Waals surface area contributed by atoms with E-state index < -0.39 is 5.97 Å². The zero-order valence-electron chi connectivity index (χ0n) is 17.3. The first kappa shape index (κ1) is 19.7. The predicted octanol–water partition coefficient (Wildman–Crippen LogP) is 4.22. The molecule has 0 aliphatic carbocycles. The highest BCUT2D eigenvalue weighted by atomic mass is 32.1. The summed E-state index contributed by atoms with van der Waals surface area (Å²) in [6.07, 6.45) is 3.06. The molecule has 0 bridgehead atoms. The molecule has 0 saturated heterocycles. The number of pyridine rings is 1. The Morgan fingerprint density at radius 2 is 2.19 bits per heavy atom. The highest BCUT2D eigenvalue weighted by Crippen LogP contribution is 2.42. The van der Waals surface area contributed by atoms with Gasteiger partial charge >= 0.3 is 5.97 Å². The topological polar surface area (TPSA) is 88.4 Å². The summed E-state index contributed by atoms with van der Waals surface area (Å²) in [6.45, 7) is 6.88. The molecular weight excluding hydrogens is 416 g/mol. The minimum atomic E-state index is -0.414. The molecule has 0 spiro atoms. The number of nitrogens with zero attached hydrogens (tertiary/aromatic N) is 4. The highest BCUT2D eigenvalue weighted by molar-refractivity contribution is 7.18. The van der Waals surface area contributed by atoms with E-state index >= 15 is 0 Å². The molecule has 0 unspecified atom stereocenters. The first-order valence-corrected chi connectivity index (χ1v) is 10.7. The average Bonchev–Trinajstić information content (AvgIpc) is 3.48. The van der Waals surface area contributed by atoms with Crippen molar-refractivity contribution in [2.24, 2.45) is 0 Å². The first-order chi connectivity index (χ1) is 15.1. The summed E-state index contributed by atoms with van der Waals surface area (Å²) in [5.74, 6) is 0.239. The summed E-state index contributed by atoms with van der Waals surface area (Å²) in [5, 5.41) is 5.14. The van der Waals surface area contributed by atoms with Gasteiger partial charge in [-0.1, -0.05) is 12.1 Å². The van der Waals surface area contributed by atoms with E-state index in [0.29, 0.717) is 30.2 Å². The molecule has 8 nitrogen and oxygen atoms in total. The molecule has 1 aliphatic heterocycles. The van der Waals surface area contributed by atoms with Gasteiger partial charge in [0.25, 0.3) is 0 Å². The summed E-state index contributed by atoms with van der Waals surface area (Å²) in [4.78, 5) is 34.5. The van der Waals surface area contributed by atoms with Crippen LogP contribution in [0.5, 0.6) is 5.75 Å². The summed E-state index contributed by atoms with van der Waals surface area (Å²) < 4.78 is 7.11. The number of fused-ring (bicyclic) bond motifs is 2. The highest BCUT2D eigenvalue weighted by Gasteiger charge is 2.27. The number of aromatic nitrogens is 4. The molecule has 1 aliphatic rings. The first-order valence-electron chi connectivity index (χ1n) is 9.91. The second-order valence-corrected chi connectivity index (χ2v) is 8.46. The zero-order chi connectivity index (χ0) is 21.5. The lowest BCUT2D eigenvalue weighted by atomic mass is 9.93. The van der Waals surface area contributed by atoms with E-state index in [-0.39, 0.29) is 6.61 Å². The Balaban J connectivity index is 1.83. The lowest BCUT2D eigenvalue weighted by Crippen LogP contribution is -2.15. The van der Waals surface area contributed by atoms with Gasteiger partial charge in [-0.15, -0.1) is 11.3 Å². The van der Waals surface area contributed by atoms with Crippen molar-refractivity contribution in [2.45, 2.75) is 33.9 Å². The fourth-order valence-corrected chi connectivity index (χ4v) is 4.85. The second-order valence-electron chi connectivity index (χ2n) is 7.25. The summed E-state index contributed by atoms with van der Waals surface area (Å²) in [7, 11) is 0. The molecule has 5 rings (SSSR count). The molecular formula is C22H20N4O4S. The molecule has 4 heterocycles. The van der Waals surface area contributed by atoms with Crippen molar-refractivity contribution in [1.82, 2.24) is 19.7 Å². The van der Waals surface area contributed by atoms with Gasteiger partial charge < -0.3 is 9.62 Å². The summed E-state index contributed by atoms with van der Waals surface area (Å²) in [5.41, 5.74) is 4.72. The molecule has 3 aromatic heterocycles. The van der Waals surface area contributed by atoms with Gasteiger partial charge in [-0.2, -0.15) is 9.99 Å². The van der Waals surface area contributed by atoms with E-state index in [9.17, 15) is 4.79 Å². The predicted molar refractivity (Wildman–Crippen MR) is 115 cm³/mol. The van der Waals surface area contributed by atoms with Gasteiger partial charge in [0.15, 0.2) is 5.75 Å². The van der Waals surface area contributed by atoms with Crippen LogP contribution in [0.1, 0.15) is 39.0 Å². The SMILES string of the molecule is CCOC(=O)c1c(Cn2cncn2)nc2sc(C)c(C)c2c1-c1ccc2c(c1)OOC2. The van der Waals surface area contributed by atoms with Crippen LogP contribution in [-0.2, 0) is 22.8 Å². The lowest BCUT2D eigenvalue weighted by Gasteiger charge is -2.16. The standard InChI is InChI=1S/C22H20N4O4S/c1-4-28-22(27)20-16(8-26-11-23-10-24-26)25-21-18(12(2)13(3)31-21)19(20)14-5-6-15-9-29-30-17(15)7-14/h5-7,10-11H,4,8-9H2,1-3H3. The van der Waals surface area contributed by atoms with Gasteiger partial charge in [-0.3, -0.25) is 0 Å². The lowest BCUT2D eigenvalue weighted by molar-refractivity contribution is -0.194. The van der Waals surface area contributed by atoms with Gasteiger partial charge in [-0.05, 0) is 38.0 Å². The molecule has 0 saturated carbocycles. The molecule has 4 aromatic rings. The van der Waals surface area contributed by atoms with E-state index in [2.05, 4.69) is 23.9 Å². The number of hydrogen-bond donors (Lipinski definition) is 0. The van der Waals surface area contributed by atoms with Crippen molar-refractivity contribution in [3.05, 3.63) is 58.1 Å². The number of ether oxygens (including phenoxy) is 1. The number of esters is 1. The summed E-state index contributed by atoms with van der Waals surface area (Å²) >= 11 is 1.61. The van der Waals surface area contributed by atoms with Crippen LogP contribution >= 0.6 is 11.3 Å². The van der Waals surface area contributed by atoms with Gasteiger partial charge in [-0.25, -0.2) is 19.4 Å². The quantitative estimate of drug-likeness (QED) is 0.342. The van der Waals surface area contributed by atoms with E-state index in [1.807, 2.05) is 18.2 Å².